The van der Waals surface area contributed by atoms with Crippen LogP contribution in [0.4, 0.5) is 0 Å². The second-order valence-corrected chi connectivity index (χ2v) is 5.98. The average Bonchev–Trinajstić information content (AvgIpc) is 2.49. The lowest BCUT2D eigenvalue weighted by atomic mass is 10.1. The number of halogens is 1. The van der Waals surface area contributed by atoms with Gasteiger partial charge >= 0.3 is 0 Å². The number of methoxy groups -OCH3 is 1. The number of rotatable bonds is 7. The molecule has 21 heavy (non-hydrogen) atoms. The molecular weight excluding hydrogens is 288 g/mol. The number of hydrogen-bond acceptors (Lipinski definition) is 4. The van der Waals surface area contributed by atoms with Crippen LogP contribution in [0, 0.1) is 0 Å². The van der Waals surface area contributed by atoms with Crippen molar-refractivity contribution < 1.29 is 9.84 Å². The summed E-state index contributed by atoms with van der Waals surface area (Å²) in [4.78, 5) is 2.43. The lowest BCUT2D eigenvalue weighted by Crippen LogP contribution is -2.37. The first-order chi connectivity index (χ1) is 10.2. The molecule has 0 bridgehead atoms. The van der Waals surface area contributed by atoms with E-state index in [2.05, 4.69) is 10.2 Å². The van der Waals surface area contributed by atoms with E-state index in [1.807, 2.05) is 18.2 Å². The number of ether oxygens (including phenoxy) is 1. The fraction of sp³-hybridized carbons (Fsp3) is 0.625. The summed E-state index contributed by atoms with van der Waals surface area (Å²) in [6.45, 7) is 4.96. The molecule has 1 aliphatic heterocycles. The Labute approximate surface area is 132 Å². The fourth-order valence-corrected chi connectivity index (χ4v) is 2.90. The molecular formula is C16H25ClN2O2. The Hall–Kier alpha value is -0.810. The third-order valence-corrected chi connectivity index (χ3v) is 4.23. The molecule has 5 heteroatoms. The Morgan fingerprint density at radius 2 is 2.14 bits per heavy atom. The zero-order chi connectivity index (χ0) is 15.1. The molecule has 0 atom stereocenters. The molecule has 0 saturated carbocycles. The van der Waals surface area contributed by atoms with Crippen molar-refractivity contribution in [2.24, 2.45) is 0 Å². The molecule has 118 valence electrons. The second kappa shape index (κ2) is 8.59. The standard InChI is InChI=1S/C16H25ClN2O2/c1-21-16-4-3-13(11-15(16)17)12-18-7-2-8-19-9-5-14(20)6-10-19/h3-4,11,14,18,20H,2,5-10,12H2,1H3. The van der Waals surface area contributed by atoms with E-state index < -0.39 is 0 Å². The van der Waals surface area contributed by atoms with E-state index >= 15 is 0 Å². The van der Waals surface area contributed by atoms with E-state index in [0.29, 0.717) is 10.8 Å². The van der Waals surface area contributed by atoms with E-state index in [1.54, 1.807) is 7.11 Å². The van der Waals surface area contributed by atoms with Gasteiger partial charge in [-0.1, -0.05) is 17.7 Å². The van der Waals surface area contributed by atoms with E-state index in [0.717, 1.165) is 52.0 Å². The first-order valence-electron chi connectivity index (χ1n) is 7.62. The molecule has 0 spiro atoms. The number of piperidine rings is 1. The van der Waals surface area contributed by atoms with Gasteiger partial charge in [-0.3, -0.25) is 0 Å². The van der Waals surface area contributed by atoms with Gasteiger partial charge in [0, 0.05) is 19.6 Å². The van der Waals surface area contributed by atoms with Crippen LogP contribution < -0.4 is 10.1 Å². The van der Waals surface area contributed by atoms with Gasteiger partial charge in [0.15, 0.2) is 0 Å². The molecule has 1 heterocycles. The number of hydrogen-bond donors (Lipinski definition) is 2. The van der Waals surface area contributed by atoms with Crippen LogP contribution in [0.15, 0.2) is 18.2 Å². The monoisotopic (exact) mass is 312 g/mol. The summed E-state index contributed by atoms with van der Waals surface area (Å²) in [7, 11) is 1.62. The molecule has 2 N–H and O–H groups in total. The number of benzene rings is 1. The normalized spacial score (nSPS) is 17.1. The molecule has 0 aromatic heterocycles. The van der Waals surface area contributed by atoms with Gasteiger partial charge in [-0.05, 0) is 50.0 Å². The van der Waals surface area contributed by atoms with Gasteiger partial charge in [-0.25, -0.2) is 0 Å². The van der Waals surface area contributed by atoms with Crippen LogP contribution in [-0.4, -0.2) is 49.4 Å². The minimum absolute atomic E-state index is 0.0841. The largest absolute Gasteiger partial charge is 0.495 e. The van der Waals surface area contributed by atoms with E-state index in [9.17, 15) is 5.11 Å². The van der Waals surface area contributed by atoms with Crippen molar-refractivity contribution in [3.05, 3.63) is 28.8 Å². The zero-order valence-corrected chi connectivity index (χ0v) is 13.4. The van der Waals surface area contributed by atoms with Crippen LogP contribution in [0.25, 0.3) is 0 Å². The van der Waals surface area contributed by atoms with Crippen LogP contribution in [-0.2, 0) is 6.54 Å². The van der Waals surface area contributed by atoms with Gasteiger partial charge in [0.1, 0.15) is 5.75 Å². The van der Waals surface area contributed by atoms with Crippen molar-refractivity contribution in [2.45, 2.75) is 31.9 Å². The summed E-state index contributed by atoms with van der Waals surface area (Å²) in [5.41, 5.74) is 1.17. The highest BCUT2D eigenvalue weighted by Crippen LogP contribution is 2.24. The van der Waals surface area contributed by atoms with Gasteiger partial charge in [-0.15, -0.1) is 0 Å². The third-order valence-electron chi connectivity index (χ3n) is 3.93. The van der Waals surface area contributed by atoms with E-state index in [1.165, 1.54) is 5.56 Å². The third kappa shape index (κ3) is 5.47. The molecule has 0 radical (unpaired) electrons. The van der Waals surface area contributed by atoms with Gasteiger partial charge in [0.05, 0.1) is 18.2 Å². The topological polar surface area (TPSA) is 44.7 Å². The average molecular weight is 313 g/mol. The molecule has 0 amide bonds. The maximum absolute atomic E-state index is 9.46. The maximum atomic E-state index is 9.46. The Balaban J connectivity index is 1.60. The zero-order valence-electron chi connectivity index (χ0n) is 12.6. The molecule has 2 rings (SSSR count). The molecule has 0 aliphatic carbocycles. The smallest absolute Gasteiger partial charge is 0.137 e. The van der Waals surface area contributed by atoms with Crippen molar-refractivity contribution in [3.8, 4) is 5.75 Å². The molecule has 1 aliphatic rings. The Bertz CT molecular complexity index is 434. The number of nitrogens with zero attached hydrogens (tertiary/aromatic N) is 1. The molecule has 1 aromatic rings. The van der Waals surface area contributed by atoms with Crippen molar-refractivity contribution in [1.82, 2.24) is 10.2 Å². The lowest BCUT2D eigenvalue weighted by Gasteiger charge is -2.29. The number of aliphatic hydroxyl groups excluding tert-OH is 1. The van der Waals surface area contributed by atoms with Gasteiger partial charge in [-0.2, -0.15) is 0 Å². The summed E-state index contributed by atoms with van der Waals surface area (Å²) >= 11 is 6.10. The van der Waals surface area contributed by atoms with Gasteiger partial charge < -0.3 is 20.1 Å². The summed E-state index contributed by atoms with van der Waals surface area (Å²) in [5.74, 6) is 0.715. The second-order valence-electron chi connectivity index (χ2n) is 5.57. The summed E-state index contributed by atoms with van der Waals surface area (Å²) in [6.07, 6.45) is 2.87. The predicted molar refractivity (Wildman–Crippen MR) is 86.0 cm³/mol. The fourth-order valence-electron chi connectivity index (χ4n) is 2.62. The van der Waals surface area contributed by atoms with Crippen LogP contribution in [0.3, 0.4) is 0 Å². The quantitative estimate of drug-likeness (QED) is 0.758. The van der Waals surface area contributed by atoms with Crippen LogP contribution >= 0.6 is 11.6 Å². The minimum atomic E-state index is -0.0841. The lowest BCUT2D eigenvalue weighted by molar-refractivity contribution is 0.0821. The van der Waals surface area contributed by atoms with Crippen LogP contribution in [0.1, 0.15) is 24.8 Å². The van der Waals surface area contributed by atoms with Crippen molar-refractivity contribution in [3.63, 3.8) is 0 Å². The molecule has 1 saturated heterocycles. The molecule has 1 aromatic carbocycles. The number of aliphatic hydroxyl groups is 1. The highest BCUT2D eigenvalue weighted by atomic mass is 35.5. The van der Waals surface area contributed by atoms with Crippen LogP contribution in [0.5, 0.6) is 5.75 Å². The predicted octanol–water partition coefficient (Wildman–Crippen LogP) is 2.28. The molecule has 4 nitrogen and oxygen atoms in total. The van der Waals surface area contributed by atoms with Crippen molar-refractivity contribution in [2.75, 3.05) is 33.3 Å². The van der Waals surface area contributed by atoms with E-state index in [4.69, 9.17) is 16.3 Å². The molecule has 0 unspecified atom stereocenters. The maximum Gasteiger partial charge on any atom is 0.137 e. The first-order valence-corrected chi connectivity index (χ1v) is 8.00. The molecule has 1 fully saturated rings. The SMILES string of the molecule is COc1ccc(CNCCCN2CCC(O)CC2)cc1Cl. The van der Waals surface area contributed by atoms with Crippen molar-refractivity contribution >= 4 is 11.6 Å². The summed E-state index contributed by atoms with van der Waals surface area (Å²) in [5, 5.41) is 13.6. The summed E-state index contributed by atoms with van der Waals surface area (Å²) in [6, 6.07) is 5.88. The number of likely N-dealkylation sites (tertiary alicyclic amines) is 1. The van der Waals surface area contributed by atoms with Crippen LogP contribution in [0.2, 0.25) is 5.02 Å². The highest BCUT2D eigenvalue weighted by Gasteiger charge is 2.15. The minimum Gasteiger partial charge on any atom is -0.495 e. The van der Waals surface area contributed by atoms with Gasteiger partial charge in [0.2, 0.25) is 0 Å². The van der Waals surface area contributed by atoms with Crippen molar-refractivity contribution in [1.29, 1.82) is 0 Å². The Morgan fingerprint density at radius 1 is 1.38 bits per heavy atom. The highest BCUT2D eigenvalue weighted by molar-refractivity contribution is 6.32. The first kappa shape index (κ1) is 16.6. The Morgan fingerprint density at radius 3 is 2.81 bits per heavy atom. The van der Waals surface area contributed by atoms with E-state index in [-0.39, 0.29) is 6.10 Å². The Kier molecular flexibility index (Phi) is 6.77. The summed E-state index contributed by atoms with van der Waals surface area (Å²) < 4.78 is 5.14. The number of nitrogens with one attached hydrogen (secondary N) is 1. The van der Waals surface area contributed by atoms with Gasteiger partial charge in [0.25, 0.3) is 0 Å².